The molecule has 1 fully saturated rings. The van der Waals surface area contributed by atoms with Crippen LogP contribution in [0, 0.1) is 19.8 Å². The van der Waals surface area contributed by atoms with E-state index in [2.05, 4.69) is 56.6 Å². The van der Waals surface area contributed by atoms with Crippen molar-refractivity contribution < 1.29 is 4.79 Å². The lowest BCUT2D eigenvalue weighted by molar-refractivity contribution is 0.104. The number of hydrogen-bond acceptors (Lipinski definition) is 5. The van der Waals surface area contributed by atoms with Gasteiger partial charge in [0.1, 0.15) is 12.1 Å². The van der Waals surface area contributed by atoms with Crippen molar-refractivity contribution in [2.24, 2.45) is 5.92 Å². The van der Waals surface area contributed by atoms with Crippen LogP contribution in [0.1, 0.15) is 40.0 Å². The van der Waals surface area contributed by atoms with Gasteiger partial charge in [0.15, 0.2) is 5.78 Å². The van der Waals surface area contributed by atoms with E-state index in [9.17, 15) is 4.79 Å². The first-order chi connectivity index (χ1) is 15.6. The van der Waals surface area contributed by atoms with Crippen LogP contribution in [-0.4, -0.2) is 33.7 Å². The quantitative estimate of drug-likeness (QED) is 0.400. The Morgan fingerprint density at radius 3 is 2.47 bits per heavy atom. The average molecular weight is 427 g/mol. The Morgan fingerprint density at radius 1 is 1.03 bits per heavy atom. The molecule has 0 aliphatic carbocycles. The van der Waals surface area contributed by atoms with E-state index in [4.69, 9.17) is 0 Å². The summed E-state index contributed by atoms with van der Waals surface area (Å²) >= 11 is 0. The summed E-state index contributed by atoms with van der Waals surface area (Å²) in [6.07, 6.45) is 7.59. The molecule has 0 bridgehead atoms. The molecule has 0 atom stereocenters. The van der Waals surface area contributed by atoms with Crippen LogP contribution in [0.15, 0.2) is 73.1 Å². The minimum absolute atomic E-state index is 0.0531. The Hall–Kier alpha value is -3.31. The summed E-state index contributed by atoms with van der Waals surface area (Å²) in [7, 11) is 0. The average Bonchev–Trinajstić information content (AvgIpc) is 2.82. The number of nitrogens with one attached hydrogen (secondary N) is 1. The molecule has 0 spiro atoms. The third-order valence-electron chi connectivity index (χ3n) is 6.17. The number of hydrogen-bond donors (Lipinski definition) is 1. The summed E-state index contributed by atoms with van der Waals surface area (Å²) in [5, 5.41) is 3.30. The van der Waals surface area contributed by atoms with E-state index in [1.165, 1.54) is 5.56 Å². The topological polar surface area (TPSA) is 58.1 Å². The van der Waals surface area contributed by atoms with Gasteiger partial charge in [-0.2, -0.15) is 0 Å². The zero-order chi connectivity index (χ0) is 22.3. The number of ketones is 1. The van der Waals surface area contributed by atoms with Gasteiger partial charge >= 0.3 is 0 Å². The van der Waals surface area contributed by atoms with Gasteiger partial charge in [-0.05, 0) is 81.6 Å². The first-order valence-corrected chi connectivity index (χ1v) is 11.2. The van der Waals surface area contributed by atoms with Gasteiger partial charge in [0.25, 0.3) is 0 Å². The van der Waals surface area contributed by atoms with Gasteiger partial charge in [-0.1, -0.05) is 36.4 Å². The van der Waals surface area contributed by atoms with Gasteiger partial charge in [-0.25, -0.2) is 9.97 Å². The molecule has 0 amide bonds. The fourth-order valence-electron chi connectivity index (χ4n) is 3.98. The van der Waals surface area contributed by atoms with Crippen LogP contribution in [0.4, 0.5) is 11.5 Å². The van der Waals surface area contributed by atoms with E-state index in [0.29, 0.717) is 11.5 Å². The van der Waals surface area contributed by atoms with Crippen molar-refractivity contribution >= 4 is 17.3 Å². The molecule has 1 saturated heterocycles. The molecule has 1 aliphatic rings. The predicted octanol–water partition coefficient (Wildman–Crippen LogP) is 5.49. The first-order valence-electron chi connectivity index (χ1n) is 11.2. The number of aryl methyl sites for hydroxylation is 1. The fraction of sp³-hybridized carbons (Fsp3) is 0.296. The van der Waals surface area contributed by atoms with Crippen LogP contribution in [-0.2, 0) is 6.54 Å². The molecule has 1 N–H and O–H groups in total. The second-order valence-electron chi connectivity index (χ2n) is 8.46. The molecular weight excluding hydrogens is 396 g/mol. The molecule has 1 aliphatic heterocycles. The molecule has 0 radical (unpaired) electrons. The molecule has 0 unspecified atom stereocenters. The molecule has 164 valence electrons. The minimum Gasteiger partial charge on any atom is -0.340 e. The van der Waals surface area contributed by atoms with E-state index < -0.39 is 0 Å². The molecule has 5 nitrogen and oxygen atoms in total. The number of carbonyl (C=O) groups excluding carboxylic acids is 1. The van der Waals surface area contributed by atoms with Crippen molar-refractivity contribution in [2.45, 2.75) is 33.2 Å². The van der Waals surface area contributed by atoms with Crippen LogP contribution in [0.3, 0.4) is 0 Å². The van der Waals surface area contributed by atoms with E-state index in [-0.39, 0.29) is 5.78 Å². The van der Waals surface area contributed by atoms with Crippen molar-refractivity contribution in [3.05, 3.63) is 95.5 Å². The summed E-state index contributed by atoms with van der Waals surface area (Å²) < 4.78 is 0. The Labute approximate surface area is 190 Å². The van der Waals surface area contributed by atoms with E-state index in [0.717, 1.165) is 55.2 Å². The number of allylic oxidation sites excluding steroid dienone is 2. The lowest BCUT2D eigenvalue weighted by Crippen LogP contribution is -2.32. The normalized spacial score (nSPS) is 15.2. The molecule has 4 rings (SSSR count). The van der Waals surface area contributed by atoms with Crippen molar-refractivity contribution in [3.8, 4) is 0 Å². The van der Waals surface area contributed by atoms with Gasteiger partial charge in [-0.3, -0.25) is 9.69 Å². The third-order valence-corrected chi connectivity index (χ3v) is 6.17. The van der Waals surface area contributed by atoms with Crippen LogP contribution < -0.4 is 5.32 Å². The lowest BCUT2D eigenvalue weighted by Gasteiger charge is -2.30. The van der Waals surface area contributed by atoms with Gasteiger partial charge in [0.2, 0.25) is 0 Å². The summed E-state index contributed by atoms with van der Waals surface area (Å²) in [6.45, 7) is 7.10. The number of anilines is 2. The lowest BCUT2D eigenvalue weighted by atomic mass is 9.95. The maximum absolute atomic E-state index is 12.6. The van der Waals surface area contributed by atoms with Crippen molar-refractivity contribution in [1.29, 1.82) is 0 Å². The molecule has 2 aromatic carbocycles. The maximum Gasteiger partial charge on any atom is 0.185 e. The van der Waals surface area contributed by atoms with E-state index in [1.54, 1.807) is 12.4 Å². The SMILES string of the molecule is Cc1ncnc(Nc2ccc(C(=O)C=CC3CCN(Cc4ccccc4)CC3)cc2)c1C. The summed E-state index contributed by atoms with van der Waals surface area (Å²) in [6, 6.07) is 18.2. The molecule has 2 heterocycles. The zero-order valence-corrected chi connectivity index (χ0v) is 18.8. The highest BCUT2D eigenvalue weighted by Crippen LogP contribution is 2.22. The number of piperidine rings is 1. The zero-order valence-electron chi connectivity index (χ0n) is 18.8. The Bertz CT molecular complexity index is 1070. The van der Waals surface area contributed by atoms with Crippen molar-refractivity contribution in [2.75, 3.05) is 18.4 Å². The molecule has 0 saturated carbocycles. The van der Waals surface area contributed by atoms with Crippen molar-refractivity contribution in [3.63, 3.8) is 0 Å². The third kappa shape index (κ3) is 5.68. The highest BCUT2D eigenvalue weighted by Gasteiger charge is 2.17. The first kappa shape index (κ1) is 21.9. The second-order valence-corrected chi connectivity index (χ2v) is 8.46. The van der Waals surface area contributed by atoms with Gasteiger partial charge < -0.3 is 5.32 Å². The Morgan fingerprint density at radius 2 is 1.75 bits per heavy atom. The molecular formula is C27H30N4O. The molecule has 1 aromatic heterocycles. The number of rotatable bonds is 7. The Kier molecular flexibility index (Phi) is 7.07. The molecule has 5 heteroatoms. The van der Waals surface area contributed by atoms with Crippen LogP contribution in [0.25, 0.3) is 0 Å². The van der Waals surface area contributed by atoms with E-state index >= 15 is 0 Å². The number of nitrogens with zero attached hydrogens (tertiary/aromatic N) is 3. The number of carbonyl (C=O) groups is 1. The smallest absolute Gasteiger partial charge is 0.185 e. The summed E-state index contributed by atoms with van der Waals surface area (Å²) in [4.78, 5) is 23.6. The van der Waals surface area contributed by atoms with Crippen LogP contribution in [0.5, 0.6) is 0 Å². The van der Waals surface area contributed by atoms with Gasteiger partial charge in [0.05, 0.1) is 0 Å². The fourth-order valence-corrected chi connectivity index (χ4v) is 3.98. The number of likely N-dealkylation sites (tertiary alicyclic amines) is 1. The monoisotopic (exact) mass is 426 g/mol. The van der Waals surface area contributed by atoms with Gasteiger partial charge in [-0.15, -0.1) is 0 Å². The predicted molar refractivity (Wildman–Crippen MR) is 129 cm³/mol. The van der Waals surface area contributed by atoms with Crippen molar-refractivity contribution in [1.82, 2.24) is 14.9 Å². The molecule has 3 aromatic rings. The summed E-state index contributed by atoms with van der Waals surface area (Å²) in [5.74, 6) is 1.31. The highest BCUT2D eigenvalue weighted by molar-refractivity contribution is 6.04. The standard InChI is InChI=1S/C27H30N4O/c1-20-21(2)28-19-29-27(20)30-25-11-9-24(10-12-25)26(32)13-8-22-14-16-31(17-15-22)18-23-6-4-3-5-7-23/h3-13,19,22H,14-18H2,1-2H3,(H,28,29,30). The number of aromatic nitrogens is 2. The van der Waals surface area contributed by atoms with Crippen LogP contribution >= 0.6 is 0 Å². The maximum atomic E-state index is 12.6. The van der Waals surface area contributed by atoms with Crippen LogP contribution in [0.2, 0.25) is 0 Å². The highest BCUT2D eigenvalue weighted by atomic mass is 16.1. The summed E-state index contributed by atoms with van der Waals surface area (Å²) in [5.41, 5.74) is 4.93. The van der Waals surface area contributed by atoms with E-state index in [1.807, 2.05) is 38.1 Å². The minimum atomic E-state index is 0.0531. The van der Waals surface area contributed by atoms with Gasteiger partial charge in [0, 0.05) is 29.1 Å². The Balaban J connectivity index is 1.28. The molecule has 32 heavy (non-hydrogen) atoms. The second kappa shape index (κ2) is 10.3. The largest absolute Gasteiger partial charge is 0.340 e. The number of benzene rings is 2.